The minimum absolute atomic E-state index is 0.0432. The third-order valence-electron chi connectivity index (χ3n) is 11.5. The van der Waals surface area contributed by atoms with E-state index in [4.69, 9.17) is 0 Å². The number of aromatic nitrogens is 6. The first kappa shape index (κ1) is 34.6. The van der Waals surface area contributed by atoms with Crippen LogP contribution in [0.25, 0.3) is 27.7 Å². The molecule has 6 aromatic rings. The van der Waals surface area contributed by atoms with Crippen molar-refractivity contribution in [3.05, 3.63) is 105 Å². The number of carbonyl (C=O) groups is 2. The van der Waals surface area contributed by atoms with Crippen molar-refractivity contribution in [2.75, 3.05) is 29.4 Å². The molecule has 3 aliphatic rings. The van der Waals surface area contributed by atoms with Crippen molar-refractivity contribution >= 4 is 45.4 Å². The van der Waals surface area contributed by atoms with E-state index < -0.39 is 24.1 Å². The zero-order valence-corrected chi connectivity index (χ0v) is 30.4. The lowest BCUT2D eigenvalue weighted by Gasteiger charge is -2.34. The molecular weight excluding hydrogens is 708 g/mol. The molecule has 2 amide bonds. The quantitative estimate of drug-likeness (QED) is 0.226. The van der Waals surface area contributed by atoms with E-state index in [1.54, 1.807) is 37.0 Å². The fraction of sp³-hybridized carbons (Fsp3) is 0.350. The maximum atomic E-state index is 14.9. The van der Waals surface area contributed by atoms with Crippen LogP contribution in [0.4, 0.5) is 25.8 Å². The molecule has 3 aliphatic heterocycles. The van der Waals surface area contributed by atoms with Crippen LogP contribution >= 0.6 is 0 Å². The molecule has 15 heteroatoms. The second kappa shape index (κ2) is 13.3. The Morgan fingerprint density at radius 1 is 0.927 bits per heavy atom. The molecule has 55 heavy (non-hydrogen) atoms. The number of pyridine rings is 2. The Morgan fingerprint density at radius 2 is 1.75 bits per heavy atom. The highest BCUT2D eigenvalue weighted by Gasteiger charge is 2.32. The van der Waals surface area contributed by atoms with Crippen LogP contribution in [0.1, 0.15) is 67.3 Å². The van der Waals surface area contributed by atoms with Gasteiger partial charge in [-0.2, -0.15) is 9.78 Å². The van der Waals surface area contributed by atoms with Crippen molar-refractivity contribution < 1.29 is 18.4 Å². The average Bonchev–Trinajstić information content (AvgIpc) is 3.81. The second-order valence-corrected chi connectivity index (χ2v) is 14.8. The molecule has 1 atom stereocenters. The standard InChI is InChI=1S/C40H39F2N9O4/c1-23-17-30-31(46(2)39(23)54)6-3-7-32(30)48-13-4-5-24-18-28(29(37(41)42)20-34(24)48)25-21-43-50(22-25)26-10-14-47(15-11-26)27-12-16-49-35(19-27)45-51(40(49)55)33-8-9-36(52)44-38(33)53/h3,6-7,12,16-22,26,33,37H,4-5,8-11,13-15H2,1-2H3,(H,44,52,53). The van der Waals surface area contributed by atoms with Crippen molar-refractivity contribution in [2.45, 2.75) is 64.0 Å². The van der Waals surface area contributed by atoms with E-state index >= 15 is 0 Å². The summed E-state index contributed by atoms with van der Waals surface area (Å²) >= 11 is 0. The van der Waals surface area contributed by atoms with Gasteiger partial charge in [0.25, 0.3) is 17.9 Å². The Morgan fingerprint density at radius 3 is 2.53 bits per heavy atom. The lowest BCUT2D eigenvalue weighted by molar-refractivity contribution is -0.136. The molecule has 0 bridgehead atoms. The number of piperidine rings is 2. The summed E-state index contributed by atoms with van der Waals surface area (Å²) in [6, 6.07) is 14.1. The summed E-state index contributed by atoms with van der Waals surface area (Å²) in [4.78, 5) is 54.0. The van der Waals surface area contributed by atoms with E-state index in [9.17, 15) is 28.0 Å². The normalized spacial score (nSPS) is 18.1. The molecule has 13 nitrogen and oxygen atoms in total. The molecule has 1 unspecified atom stereocenters. The van der Waals surface area contributed by atoms with Crippen LogP contribution in [0.15, 0.2) is 76.7 Å². The van der Waals surface area contributed by atoms with Crippen molar-refractivity contribution in [3.8, 4) is 11.1 Å². The fourth-order valence-electron chi connectivity index (χ4n) is 8.56. The summed E-state index contributed by atoms with van der Waals surface area (Å²) in [6.45, 7) is 3.87. The molecular formula is C40H39F2N9O4. The number of hydrogen-bond donors (Lipinski definition) is 1. The molecule has 2 saturated heterocycles. The van der Waals surface area contributed by atoms with E-state index in [1.807, 2.05) is 53.3 Å². The van der Waals surface area contributed by atoms with Gasteiger partial charge in [-0.3, -0.25) is 28.8 Å². The van der Waals surface area contributed by atoms with Gasteiger partial charge in [-0.25, -0.2) is 13.6 Å². The zero-order valence-electron chi connectivity index (χ0n) is 30.4. The van der Waals surface area contributed by atoms with Crippen LogP contribution in [0.5, 0.6) is 0 Å². The first-order chi connectivity index (χ1) is 26.5. The molecule has 1 N–H and O–H groups in total. The third kappa shape index (κ3) is 5.88. The van der Waals surface area contributed by atoms with Gasteiger partial charge < -0.3 is 14.4 Å². The second-order valence-electron chi connectivity index (χ2n) is 14.8. The molecule has 0 saturated carbocycles. The van der Waals surface area contributed by atoms with E-state index in [0.29, 0.717) is 42.0 Å². The number of anilines is 3. The third-order valence-corrected chi connectivity index (χ3v) is 11.5. The summed E-state index contributed by atoms with van der Waals surface area (Å²) in [5, 5.41) is 12.3. The number of amides is 2. The maximum Gasteiger partial charge on any atom is 0.351 e. The van der Waals surface area contributed by atoms with Crippen LogP contribution in [0.2, 0.25) is 0 Å². The number of nitrogens with zero attached hydrogens (tertiary/aromatic N) is 8. The number of rotatable bonds is 6. The zero-order chi connectivity index (χ0) is 38.1. The van der Waals surface area contributed by atoms with Crippen LogP contribution < -0.4 is 26.4 Å². The van der Waals surface area contributed by atoms with Gasteiger partial charge >= 0.3 is 5.69 Å². The molecule has 2 aromatic carbocycles. The Labute approximate surface area is 313 Å². The smallest absolute Gasteiger partial charge is 0.351 e. The Balaban J connectivity index is 0.948. The van der Waals surface area contributed by atoms with Gasteiger partial charge in [0.15, 0.2) is 5.65 Å². The lowest BCUT2D eigenvalue weighted by atomic mass is 9.92. The van der Waals surface area contributed by atoms with Crippen LogP contribution in [-0.2, 0) is 23.1 Å². The topological polar surface area (TPSA) is 132 Å². The summed E-state index contributed by atoms with van der Waals surface area (Å²) < 4.78 is 35.8. The number of halogens is 2. The maximum absolute atomic E-state index is 14.9. The van der Waals surface area contributed by atoms with Crippen LogP contribution in [0, 0.1) is 6.92 Å². The van der Waals surface area contributed by atoms with Gasteiger partial charge in [-0.15, -0.1) is 5.10 Å². The lowest BCUT2D eigenvalue weighted by Crippen LogP contribution is -2.44. The summed E-state index contributed by atoms with van der Waals surface area (Å²) in [5.74, 6) is -0.888. The number of nitrogens with one attached hydrogen (secondary N) is 1. The predicted molar refractivity (Wildman–Crippen MR) is 203 cm³/mol. The highest BCUT2D eigenvalue weighted by molar-refractivity contribution is 5.99. The number of alkyl halides is 2. The van der Waals surface area contributed by atoms with Crippen molar-refractivity contribution in [1.82, 2.24) is 33.8 Å². The summed E-state index contributed by atoms with van der Waals surface area (Å²) in [6.07, 6.45) is 6.01. The SMILES string of the molecule is Cc1cc2c(N3CCCc4cc(-c5cnn(C6CCN(c7ccn8c(=O)n(C9CCC(=O)NC9=O)nc8c7)CC6)c5)c(C(F)F)cc43)cccc2n(C)c1=O. The number of imide groups is 1. The van der Waals surface area contributed by atoms with Crippen molar-refractivity contribution in [2.24, 2.45) is 7.05 Å². The molecule has 9 rings (SSSR count). The first-order valence-corrected chi connectivity index (χ1v) is 18.6. The Kier molecular flexibility index (Phi) is 8.39. The van der Waals surface area contributed by atoms with Gasteiger partial charge in [0.2, 0.25) is 5.91 Å². The van der Waals surface area contributed by atoms with Gasteiger partial charge in [0, 0.05) is 85.0 Å². The minimum Gasteiger partial charge on any atom is -0.371 e. The largest absolute Gasteiger partial charge is 0.371 e. The van der Waals surface area contributed by atoms with Crippen molar-refractivity contribution in [1.29, 1.82) is 0 Å². The molecule has 7 heterocycles. The van der Waals surface area contributed by atoms with Gasteiger partial charge in [-0.1, -0.05) is 6.07 Å². The highest BCUT2D eigenvalue weighted by Crippen LogP contribution is 2.43. The van der Waals surface area contributed by atoms with E-state index in [0.717, 1.165) is 63.9 Å². The predicted octanol–water partition coefficient (Wildman–Crippen LogP) is 5.36. The van der Waals surface area contributed by atoms with Crippen molar-refractivity contribution in [3.63, 3.8) is 0 Å². The Hall–Kier alpha value is -6.12. The summed E-state index contributed by atoms with van der Waals surface area (Å²) in [5.41, 5.74) is 5.95. The van der Waals surface area contributed by atoms with Crippen LogP contribution in [0.3, 0.4) is 0 Å². The van der Waals surface area contributed by atoms with E-state index in [-0.39, 0.29) is 35.9 Å². The fourth-order valence-corrected chi connectivity index (χ4v) is 8.56. The van der Waals surface area contributed by atoms with E-state index in [2.05, 4.69) is 25.3 Å². The van der Waals surface area contributed by atoms with Crippen LogP contribution in [-0.4, -0.2) is 60.0 Å². The average molecular weight is 748 g/mol. The number of fused-ring (bicyclic) bond motifs is 3. The molecule has 0 spiro atoms. The molecule has 282 valence electrons. The highest BCUT2D eigenvalue weighted by atomic mass is 19.3. The Bertz CT molecular complexity index is 2650. The van der Waals surface area contributed by atoms with Gasteiger partial charge in [0.1, 0.15) is 6.04 Å². The first-order valence-electron chi connectivity index (χ1n) is 18.6. The monoisotopic (exact) mass is 747 g/mol. The number of hydrogen-bond acceptors (Lipinski definition) is 8. The van der Waals surface area contributed by atoms with Gasteiger partial charge in [-0.05, 0) is 86.6 Å². The molecule has 4 aromatic heterocycles. The molecule has 2 fully saturated rings. The number of benzene rings is 2. The molecule has 0 radical (unpaired) electrons. The van der Waals surface area contributed by atoms with Gasteiger partial charge in [0.05, 0.1) is 23.4 Å². The van der Waals surface area contributed by atoms with E-state index in [1.165, 1.54) is 4.40 Å². The minimum atomic E-state index is -2.70. The number of carbonyl (C=O) groups excluding carboxylic acids is 2. The molecule has 0 aliphatic carbocycles. The summed E-state index contributed by atoms with van der Waals surface area (Å²) in [7, 11) is 1.76. The number of aryl methyl sites for hydroxylation is 3.